The summed E-state index contributed by atoms with van der Waals surface area (Å²) in [4.78, 5) is 36.8. The molecular weight excluding hydrogens is 655 g/mol. The van der Waals surface area contributed by atoms with Crippen molar-refractivity contribution in [1.82, 2.24) is 10.6 Å². The van der Waals surface area contributed by atoms with Crippen LogP contribution in [-0.4, -0.2) is 63.8 Å². The molecule has 0 bridgehead atoms. The van der Waals surface area contributed by atoms with Gasteiger partial charge >= 0.3 is 18.4 Å². The molecule has 0 spiro atoms. The summed E-state index contributed by atoms with van der Waals surface area (Å²) in [6.07, 6.45) is 0.773. The predicted molar refractivity (Wildman–Crippen MR) is 169 cm³/mol. The molecule has 0 radical (unpaired) electrons. The van der Waals surface area contributed by atoms with Crippen molar-refractivity contribution in [3.63, 3.8) is 0 Å². The van der Waals surface area contributed by atoms with E-state index in [2.05, 4.69) is 37.6 Å². The van der Waals surface area contributed by atoms with Crippen LogP contribution in [0.3, 0.4) is 0 Å². The highest BCUT2D eigenvalue weighted by molar-refractivity contribution is 7.90. The summed E-state index contributed by atoms with van der Waals surface area (Å²) >= 11 is 0. The van der Waals surface area contributed by atoms with Gasteiger partial charge in [-0.1, -0.05) is 48.6 Å². The number of nitrogens with one attached hydrogen (secondary N) is 3. The number of hydrogen-bond donors (Lipinski definition) is 4. The second kappa shape index (κ2) is 15.3. The molecule has 3 amide bonds. The number of alkyl halides is 3. The largest absolute Gasteiger partial charge is 0.573 e. The van der Waals surface area contributed by atoms with Crippen LogP contribution >= 0.6 is 0 Å². The van der Waals surface area contributed by atoms with E-state index in [1.807, 2.05) is 24.3 Å². The molecule has 0 saturated carbocycles. The SMILES string of the molecule is COC(=O)C(O)CNC(=O)c1ccc(C(NC(=O)Nc2ccc(OC(F)(F)F)c(S(C)(=O)=O)c2)c2ccccc2C2CC=CCC2)cc1. The van der Waals surface area contributed by atoms with Crippen molar-refractivity contribution in [1.29, 1.82) is 0 Å². The van der Waals surface area contributed by atoms with Crippen LogP contribution in [0.5, 0.6) is 5.75 Å². The first-order valence-corrected chi connectivity index (χ1v) is 16.6. The van der Waals surface area contributed by atoms with Crippen LogP contribution in [0, 0.1) is 0 Å². The van der Waals surface area contributed by atoms with Crippen LogP contribution in [0.25, 0.3) is 0 Å². The molecule has 3 unspecified atom stereocenters. The molecule has 3 atom stereocenters. The van der Waals surface area contributed by atoms with E-state index in [1.54, 1.807) is 12.1 Å². The number of anilines is 1. The maximum atomic E-state index is 13.4. The third-order valence-corrected chi connectivity index (χ3v) is 8.67. The highest BCUT2D eigenvalue weighted by atomic mass is 32.2. The first-order valence-electron chi connectivity index (χ1n) is 14.7. The highest BCUT2D eigenvalue weighted by Gasteiger charge is 2.34. The molecule has 11 nitrogen and oxygen atoms in total. The number of methoxy groups -OCH3 is 1. The van der Waals surface area contributed by atoms with E-state index in [0.717, 1.165) is 55.7 Å². The molecule has 4 N–H and O–H groups in total. The highest BCUT2D eigenvalue weighted by Crippen LogP contribution is 2.36. The van der Waals surface area contributed by atoms with Gasteiger partial charge in [0, 0.05) is 17.5 Å². The number of hydrogen-bond acceptors (Lipinski definition) is 8. The van der Waals surface area contributed by atoms with E-state index in [9.17, 15) is 41.1 Å². The third-order valence-electron chi connectivity index (χ3n) is 7.55. The number of carbonyl (C=O) groups is 3. The zero-order valence-electron chi connectivity index (χ0n) is 25.9. The smallest absolute Gasteiger partial charge is 0.467 e. The van der Waals surface area contributed by atoms with Crippen LogP contribution in [0.4, 0.5) is 23.7 Å². The van der Waals surface area contributed by atoms with Crippen LogP contribution in [0.15, 0.2) is 83.8 Å². The average molecular weight is 690 g/mol. The molecule has 4 rings (SSSR count). The number of halogens is 3. The van der Waals surface area contributed by atoms with Gasteiger partial charge in [-0.25, -0.2) is 18.0 Å². The zero-order chi connectivity index (χ0) is 35.1. The minimum Gasteiger partial charge on any atom is -0.467 e. The first-order chi connectivity index (χ1) is 22.7. The summed E-state index contributed by atoms with van der Waals surface area (Å²) in [7, 11) is -3.08. The second-order valence-corrected chi connectivity index (χ2v) is 13.0. The lowest BCUT2D eigenvalue weighted by atomic mass is 9.82. The Bertz CT molecular complexity index is 1780. The topological polar surface area (TPSA) is 160 Å². The number of urea groups is 1. The fourth-order valence-corrected chi connectivity index (χ4v) is 6.10. The first kappa shape index (κ1) is 36.0. The lowest BCUT2D eigenvalue weighted by molar-refractivity contribution is -0.275. The van der Waals surface area contributed by atoms with Crippen LogP contribution in [0.1, 0.15) is 58.3 Å². The summed E-state index contributed by atoms with van der Waals surface area (Å²) in [5.41, 5.74) is 2.42. The number of aliphatic hydroxyl groups excluding tert-OH is 1. The Morgan fingerprint density at radius 1 is 1.02 bits per heavy atom. The molecule has 0 aliphatic heterocycles. The number of aliphatic hydroxyl groups is 1. The van der Waals surface area contributed by atoms with Crippen LogP contribution in [0.2, 0.25) is 0 Å². The second-order valence-electron chi connectivity index (χ2n) is 11.0. The van der Waals surface area contributed by atoms with Crippen molar-refractivity contribution in [3.05, 3.63) is 101 Å². The van der Waals surface area contributed by atoms with Crippen LogP contribution < -0.4 is 20.7 Å². The lowest BCUT2D eigenvalue weighted by Crippen LogP contribution is -2.37. The standard InChI is InChI=1S/C33H34F3N3O8S/c1-46-31(42)26(40)19-37-30(41)22-14-12-21(13-15-22)29(25-11-7-6-10-24(25)20-8-4-3-5-9-20)39-32(43)38-23-16-17-27(47-33(34,35)36)28(18-23)48(2,44)45/h3-4,6-7,10-18,20,26,29,40H,5,8-9,19H2,1-2H3,(H,37,41)(H2,38,39,43). The normalized spacial score (nSPS) is 15.9. The number of benzene rings is 3. The average Bonchev–Trinajstić information content (AvgIpc) is 3.05. The maximum Gasteiger partial charge on any atom is 0.573 e. The Kier molecular flexibility index (Phi) is 11.5. The molecule has 1 aliphatic rings. The number of ether oxygens (including phenoxy) is 2. The van der Waals surface area contributed by atoms with Crippen molar-refractivity contribution in [2.45, 2.75) is 48.6 Å². The van der Waals surface area contributed by atoms with E-state index >= 15 is 0 Å². The van der Waals surface area contributed by atoms with Gasteiger partial charge in [-0.05, 0) is 72.2 Å². The predicted octanol–water partition coefficient (Wildman–Crippen LogP) is 4.99. The van der Waals surface area contributed by atoms with E-state index in [-0.39, 0.29) is 23.7 Å². The Morgan fingerprint density at radius 3 is 2.35 bits per heavy atom. The van der Waals surface area contributed by atoms with Crippen molar-refractivity contribution in [2.24, 2.45) is 0 Å². The van der Waals surface area contributed by atoms with Gasteiger partial charge in [-0.3, -0.25) is 4.79 Å². The van der Waals surface area contributed by atoms with Gasteiger partial charge in [0.05, 0.1) is 19.7 Å². The summed E-state index contributed by atoms with van der Waals surface area (Å²) in [5, 5.41) is 17.6. The number of allylic oxidation sites excluding steroid dienone is 2. The molecule has 15 heteroatoms. The minimum absolute atomic E-state index is 0.104. The fourth-order valence-electron chi connectivity index (χ4n) is 5.28. The zero-order valence-corrected chi connectivity index (χ0v) is 26.7. The molecule has 1 aliphatic carbocycles. The van der Waals surface area contributed by atoms with E-state index < -0.39 is 56.9 Å². The van der Waals surface area contributed by atoms with Gasteiger partial charge in [0.25, 0.3) is 5.91 Å². The summed E-state index contributed by atoms with van der Waals surface area (Å²) < 4.78 is 71.5. The van der Waals surface area contributed by atoms with Gasteiger partial charge in [0.2, 0.25) is 0 Å². The maximum absolute atomic E-state index is 13.4. The number of carbonyl (C=O) groups excluding carboxylic acids is 3. The van der Waals surface area contributed by atoms with Gasteiger partial charge in [0.1, 0.15) is 10.6 Å². The Morgan fingerprint density at radius 2 is 1.73 bits per heavy atom. The number of esters is 1. The molecule has 0 aromatic heterocycles. The van der Waals surface area contributed by atoms with Crippen LogP contribution in [-0.2, 0) is 19.4 Å². The molecular formula is C33H34F3N3O8S. The minimum atomic E-state index is -5.14. The summed E-state index contributed by atoms with van der Waals surface area (Å²) in [6, 6.07) is 15.0. The van der Waals surface area contributed by atoms with Gasteiger partial charge < -0.3 is 30.5 Å². The molecule has 256 valence electrons. The van der Waals surface area contributed by atoms with Crippen molar-refractivity contribution < 1.29 is 50.6 Å². The third kappa shape index (κ3) is 9.58. The summed E-state index contributed by atoms with van der Waals surface area (Å²) in [5.74, 6) is -2.25. The van der Waals surface area contributed by atoms with Gasteiger partial charge in [-0.2, -0.15) is 0 Å². The van der Waals surface area contributed by atoms with Gasteiger partial charge in [0.15, 0.2) is 15.9 Å². The molecule has 3 aromatic carbocycles. The fraction of sp³-hybridized carbons (Fsp3) is 0.303. The Labute approximate surface area is 275 Å². The van der Waals surface area contributed by atoms with Crippen molar-refractivity contribution >= 4 is 33.4 Å². The van der Waals surface area contributed by atoms with E-state index in [4.69, 9.17) is 0 Å². The van der Waals surface area contributed by atoms with Gasteiger partial charge in [-0.15, -0.1) is 13.2 Å². The molecule has 0 heterocycles. The molecule has 0 fully saturated rings. The van der Waals surface area contributed by atoms with E-state index in [1.165, 1.54) is 12.1 Å². The number of sulfone groups is 1. The number of rotatable bonds is 11. The Hall–Kier alpha value is -4.89. The van der Waals surface area contributed by atoms with Crippen molar-refractivity contribution in [3.8, 4) is 5.75 Å². The summed E-state index contributed by atoms with van der Waals surface area (Å²) in [6.45, 7) is -0.370. The molecule has 48 heavy (non-hydrogen) atoms. The lowest BCUT2D eigenvalue weighted by Gasteiger charge is -2.27. The monoisotopic (exact) mass is 689 g/mol. The molecule has 0 saturated heterocycles. The van der Waals surface area contributed by atoms with E-state index in [0.29, 0.717) is 11.8 Å². The quantitative estimate of drug-likeness (QED) is 0.162. The van der Waals surface area contributed by atoms with Crippen molar-refractivity contribution in [2.75, 3.05) is 25.2 Å². The molecule has 3 aromatic rings. The Balaban J connectivity index is 1.64. The number of amides is 3.